The van der Waals surface area contributed by atoms with E-state index in [9.17, 15) is 14.9 Å². The SMILES string of the molecule is CC(=O)N1CCN(C(=O)c2cnc3ccccc3c2N2CCC(C)(C#N)CC2)CC1. The molecule has 7 nitrogen and oxygen atoms in total. The van der Waals surface area contributed by atoms with Gasteiger partial charge in [0.25, 0.3) is 5.91 Å². The van der Waals surface area contributed by atoms with Crippen LogP contribution in [0.3, 0.4) is 0 Å². The molecule has 2 aliphatic heterocycles. The first-order chi connectivity index (χ1) is 14.4. The molecule has 0 bridgehead atoms. The second kappa shape index (κ2) is 7.94. The molecule has 1 aromatic heterocycles. The average molecular weight is 406 g/mol. The molecular formula is C23H27N5O2. The van der Waals surface area contributed by atoms with E-state index in [1.807, 2.05) is 36.1 Å². The van der Waals surface area contributed by atoms with Gasteiger partial charge in [-0.3, -0.25) is 14.6 Å². The Morgan fingerprint density at radius 3 is 2.30 bits per heavy atom. The van der Waals surface area contributed by atoms with Crippen molar-refractivity contribution in [2.45, 2.75) is 26.7 Å². The number of piperazine rings is 1. The van der Waals surface area contributed by atoms with Gasteiger partial charge < -0.3 is 14.7 Å². The summed E-state index contributed by atoms with van der Waals surface area (Å²) in [7, 11) is 0. The summed E-state index contributed by atoms with van der Waals surface area (Å²) in [6.07, 6.45) is 3.23. The topological polar surface area (TPSA) is 80.5 Å². The van der Waals surface area contributed by atoms with Crippen LogP contribution in [0.15, 0.2) is 30.5 Å². The Bertz CT molecular complexity index is 1010. The number of fused-ring (bicyclic) bond motifs is 1. The summed E-state index contributed by atoms with van der Waals surface area (Å²) < 4.78 is 0. The fraction of sp³-hybridized carbons (Fsp3) is 0.478. The van der Waals surface area contributed by atoms with Gasteiger partial charge in [0.15, 0.2) is 0 Å². The Morgan fingerprint density at radius 2 is 1.67 bits per heavy atom. The highest BCUT2D eigenvalue weighted by Crippen LogP contribution is 2.37. The summed E-state index contributed by atoms with van der Waals surface area (Å²) in [5, 5.41) is 10.4. The number of piperidine rings is 1. The van der Waals surface area contributed by atoms with Crippen LogP contribution in [0.25, 0.3) is 10.9 Å². The van der Waals surface area contributed by atoms with Gasteiger partial charge in [0, 0.05) is 57.8 Å². The number of carbonyl (C=O) groups excluding carboxylic acids is 2. The van der Waals surface area contributed by atoms with E-state index in [2.05, 4.69) is 16.0 Å². The van der Waals surface area contributed by atoms with Crippen LogP contribution in [-0.2, 0) is 4.79 Å². The number of anilines is 1. The lowest BCUT2D eigenvalue weighted by Gasteiger charge is -2.39. The number of hydrogen-bond donors (Lipinski definition) is 0. The monoisotopic (exact) mass is 405 g/mol. The molecule has 0 aliphatic carbocycles. The maximum absolute atomic E-state index is 13.5. The second-order valence-corrected chi connectivity index (χ2v) is 8.50. The number of aromatic nitrogens is 1. The minimum atomic E-state index is -0.313. The minimum Gasteiger partial charge on any atom is -0.370 e. The van der Waals surface area contributed by atoms with E-state index in [1.165, 1.54) is 0 Å². The lowest BCUT2D eigenvalue weighted by Crippen LogP contribution is -2.50. The number of rotatable bonds is 2. The third kappa shape index (κ3) is 3.70. The van der Waals surface area contributed by atoms with E-state index in [4.69, 9.17) is 0 Å². The summed E-state index contributed by atoms with van der Waals surface area (Å²) in [5.74, 6) is 0.00379. The molecule has 0 unspecified atom stereocenters. The maximum Gasteiger partial charge on any atom is 0.257 e. The first kappa shape index (κ1) is 20.1. The van der Waals surface area contributed by atoms with E-state index in [0.29, 0.717) is 31.7 Å². The molecule has 2 aromatic rings. The molecule has 0 N–H and O–H groups in total. The van der Waals surface area contributed by atoms with Crippen molar-refractivity contribution in [1.29, 1.82) is 5.26 Å². The third-order valence-electron chi connectivity index (χ3n) is 6.44. The van der Waals surface area contributed by atoms with E-state index in [0.717, 1.165) is 42.5 Å². The zero-order valence-corrected chi connectivity index (χ0v) is 17.6. The number of amides is 2. The van der Waals surface area contributed by atoms with Crippen molar-refractivity contribution in [3.8, 4) is 6.07 Å². The van der Waals surface area contributed by atoms with Gasteiger partial charge in [-0.2, -0.15) is 5.26 Å². The van der Waals surface area contributed by atoms with Gasteiger partial charge in [-0.1, -0.05) is 18.2 Å². The van der Waals surface area contributed by atoms with E-state index in [1.54, 1.807) is 18.0 Å². The number of nitriles is 1. The van der Waals surface area contributed by atoms with Crippen molar-refractivity contribution in [2.75, 3.05) is 44.2 Å². The molecule has 2 saturated heterocycles. The van der Waals surface area contributed by atoms with Gasteiger partial charge in [-0.05, 0) is 25.8 Å². The quantitative estimate of drug-likeness (QED) is 0.767. The van der Waals surface area contributed by atoms with Gasteiger partial charge in [-0.25, -0.2) is 0 Å². The van der Waals surface area contributed by atoms with Crippen LogP contribution in [-0.4, -0.2) is 65.9 Å². The summed E-state index contributed by atoms with van der Waals surface area (Å²) >= 11 is 0. The summed E-state index contributed by atoms with van der Waals surface area (Å²) in [6.45, 7) is 7.20. The molecule has 0 saturated carbocycles. The zero-order valence-electron chi connectivity index (χ0n) is 17.6. The number of nitrogens with zero attached hydrogens (tertiary/aromatic N) is 5. The van der Waals surface area contributed by atoms with Crippen molar-refractivity contribution in [1.82, 2.24) is 14.8 Å². The molecule has 4 rings (SSSR count). The molecule has 2 aliphatic rings. The Labute approximate surface area is 176 Å². The highest BCUT2D eigenvalue weighted by molar-refractivity contribution is 6.07. The first-order valence-electron chi connectivity index (χ1n) is 10.5. The molecule has 0 atom stereocenters. The predicted octanol–water partition coefficient (Wildman–Crippen LogP) is 2.67. The smallest absolute Gasteiger partial charge is 0.257 e. The molecule has 156 valence electrons. The van der Waals surface area contributed by atoms with E-state index < -0.39 is 0 Å². The second-order valence-electron chi connectivity index (χ2n) is 8.50. The fourth-order valence-corrected chi connectivity index (χ4v) is 4.35. The predicted molar refractivity (Wildman–Crippen MR) is 115 cm³/mol. The molecule has 0 radical (unpaired) electrons. The molecule has 7 heteroatoms. The molecule has 3 heterocycles. The average Bonchev–Trinajstić information content (AvgIpc) is 2.78. The van der Waals surface area contributed by atoms with Gasteiger partial charge >= 0.3 is 0 Å². The highest BCUT2D eigenvalue weighted by Gasteiger charge is 2.33. The number of carbonyl (C=O) groups is 2. The molecule has 30 heavy (non-hydrogen) atoms. The van der Waals surface area contributed by atoms with Crippen molar-refractivity contribution in [2.24, 2.45) is 5.41 Å². The van der Waals surface area contributed by atoms with Crippen LogP contribution in [0, 0.1) is 16.7 Å². The minimum absolute atomic E-state index is 0.0416. The normalized spacial score (nSPS) is 18.9. The van der Waals surface area contributed by atoms with E-state index in [-0.39, 0.29) is 17.2 Å². The van der Waals surface area contributed by atoms with Gasteiger partial charge in [-0.15, -0.1) is 0 Å². The molecule has 1 aromatic carbocycles. The Balaban J connectivity index is 1.67. The summed E-state index contributed by atoms with van der Waals surface area (Å²) in [5.41, 5.74) is 2.07. The van der Waals surface area contributed by atoms with Crippen molar-refractivity contribution < 1.29 is 9.59 Å². The number of hydrogen-bond acceptors (Lipinski definition) is 5. The summed E-state index contributed by atoms with van der Waals surface area (Å²) in [6, 6.07) is 10.3. The zero-order chi connectivity index (χ0) is 21.3. The lowest BCUT2D eigenvalue weighted by molar-refractivity contribution is -0.130. The maximum atomic E-state index is 13.5. The van der Waals surface area contributed by atoms with Crippen LogP contribution < -0.4 is 4.90 Å². The van der Waals surface area contributed by atoms with Gasteiger partial charge in [0.1, 0.15) is 0 Å². The summed E-state index contributed by atoms with van der Waals surface area (Å²) in [4.78, 5) is 35.5. The lowest BCUT2D eigenvalue weighted by atomic mass is 9.81. The van der Waals surface area contributed by atoms with Crippen LogP contribution in [0.1, 0.15) is 37.0 Å². The highest BCUT2D eigenvalue weighted by atomic mass is 16.2. The Morgan fingerprint density at radius 1 is 1.03 bits per heavy atom. The molecule has 2 fully saturated rings. The standard InChI is InChI=1S/C23H27N5O2/c1-17(29)26-11-13-28(14-12-26)22(30)19-15-25-20-6-4-3-5-18(20)21(19)27-9-7-23(2,16-24)8-10-27/h3-6,15H,7-14H2,1-2H3. The van der Waals surface area contributed by atoms with Crippen LogP contribution in [0.5, 0.6) is 0 Å². The molecule has 0 spiro atoms. The molecular weight excluding hydrogens is 378 g/mol. The van der Waals surface area contributed by atoms with Crippen LogP contribution in [0.4, 0.5) is 5.69 Å². The van der Waals surface area contributed by atoms with Gasteiger partial charge in [0.2, 0.25) is 5.91 Å². The number of pyridine rings is 1. The van der Waals surface area contributed by atoms with Crippen LogP contribution in [0.2, 0.25) is 0 Å². The van der Waals surface area contributed by atoms with Crippen molar-refractivity contribution >= 4 is 28.4 Å². The number of para-hydroxylation sites is 1. The van der Waals surface area contributed by atoms with Crippen LogP contribution >= 0.6 is 0 Å². The Kier molecular flexibility index (Phi) is 5.33. The number of benzene rings is 1. The van der Waals surface area contributed by atoms with Crippen molar-refractivity contribution in [3.05, 3.63) is 36.0 Å². The van der Waals surface area contributed by atoms with Crippen molar-refractivity contribution in [3.63, 3.8) is 0 Å². The third-order valence-corrected chi connectivity index (χ3v) is 6.44. The fourth-order valence-electron chi connectivity index (χ4n) is 4.35. The Hall–Kier alpha value is -3.14. The largest absolute Gasteiger partial charge is 0.370 e. The first-order valence-corrected chi connectivity index (χ1v) is 10.5. The molecule has 2 amide bonds. The van der Waals surface area contributed by atoms with Gasteiger partial charge in [0.05, 0.1) is 28.3 Å². The van der Waals surface area contributed by atoms with E-state index >= 15 is 0 Å².